The van der Waals surface area contributed by atoms with Gasteiger partial charge in [0, 0.05) is 18.2 Å². The summed E-state index contributed by atoms with van der Waals surface area (Å²) in [5, 5.41) is 8.35. The molecule has 2 aromatic carbocycles. The standard InChI is InChI=1S/C22H21N3O6S2/c26-20(25(11-15-4-2-1-3-5-15)17-8-9-33(27,28)13-17)12-32-22-24-23-21(31-22)16-6-7-18-19(10-16)30-14-29-18/h1-7,10,17H,8-9,11-14H2/t17-/m0/s1. The Morgan fingerprint density at radius 3 is 2.70 bits per heavy atom. The van der Waals surface area contributed by atoms with Crippen molar-refractivity contribution in [1.29, 1.82) is 0 Å². The maximum absolute atomic E-state index is 13.1. The highest BCUT2D eigenvalue weighted by Gasteiger charge is 2.34. The molecule has 1 amide bonds. The minimum absolute atomic E-state index is 0.00887. The lowest BCUT2D eigenvalue weighted by Gasteiger charge is -2.28. The summed E-state index contributed by atoms with van der Waals surface area (Å²) in [4.78, 5) is 14.8. The fourth-order valence-electron chi connectivity index (χ4n) is 3.84. The van der Waals surface area contributed by atoms with Gasteiger partial charge >= 0.3 is 0 Å². The Balaban J connectivity index is 1.27. The summed E-state index contributed by atoms with van der Waals surface area (Å²) >= 11 is 1.13. The largest absolute Gasteiger partial charge is 0.454 e. The molecular weight excluding hydrogens is 466 g/mol. The van der Waals surface area contributed by atoms with Gasteiger partial charge in [-0.05, 0) is 30.2 Å². The fourth-order valence-corrected chi connectivity index (χ4v) is 6.22. The van der Waals surface area contributed by atoms with E-state index in [0.717, 1.165) is 17.3 Å². The second-order valence-electron chi connectivity index (χ2n) is 7.79. The van der Waals surface area contributed by atoms with Crippen LogP contribution in [0.4, 0.5) is 0 Å². The molecule has 0 saturated carbocycles. The third-order valence-electron chi connectivity index (χ3n) is 5.51. The summed E-state index contributed by atoms with van der Waals surface area (Å²) in [5.74, 6) is 1.56. The average Bonchev–Trinajstić information content (AvgIpc) is 3.55. The van der Waals surface area contributed by atoms with Crippen molar-refractivity contribution in [3.05, 3.63) is 54.1 Å². The maximum Gasteiger partial charge on any atom is 0.277 e. The first-order valence-corrected chi connectivity index (χ1v) is 13.2. The van der Waals surface area contributed by atoms with Gasteiger partial charge in [0.15, 0.2) is 21.3 Å². The van der Waals surface area contributed by atoms with Crippen molar-refractivity contribution in [3.63, 3.8) is 0 Å². The van der Waals surface area contributed by atoms with Crippen LogP contribution in [-0.2, 0) is 21.2 Å². The number of benzene rings is 2. The van der Waals surface area contributed by atoms with Gasteiger partial charge in [0.1, 0.15) is 0 Å². The molecule has 2 aliphatic rings. The molecule has 5 rings (SSSR count). The first-order valence-electron chi connectivity index (χ1n) is 10.4. The van der Waals surface area contributed by atoms with Crippen LogP contribution in [0.25, 0.3) is 11.5 Å². The Kier molecular flexibility index (Phi) is 5.98. The van der Waals surface area contributed by atoms with Gasteiger partial charge < -0.3 is 18.8 Å². The molecule has 3 heterocycles. The first-order chi connectivity index (χ1) is 16.0. The zero-order chi connectivity index (χ0) is 22.8. The molecule has 0 unspecified atom stereocenters. The van der Waals surface area contributed by atoms with Gasteiger partial charge in [-0.1, -0.05) is 42.1 Å². The van der Waals surface area contributed by atoms with Crippen LogP contribution in [0.2, 0.25) is 0 Å². The summed E-state index contributed by atoms with van der Waals surface area (Å²) in [6, 6.07) is 14.5. The Labute approximate surface area is 195 Å². The van der Waals surface area contributed by atoms with Gasteiger partial charge in [0.25, 0.3) is 5.22 Å². The zero-order valence-electron chi connectivity index (χ0n) is 17.5. The van der Waals surface area contributed by atoms with Crippen LogP contribution in [0.3, 0.4) is 0 Å². The van der Waals surface area contributed by atoms with E-state index in [1.54, 1.807) is 23.1 Å². The van der Waals surface area contributed by atoms with Crippen LogP contribution < -0.4 is 9.47 Å². The van der Waals surface area contributed by atoms with Gasteiger partial charge in [0.2, 0.25) is 18.6 Å². The minimum atomic E-state index is -3.13. The van der Waals surface area contributed by atoms with Crippen LogP contribution in [0.15, 0.2) is 58.2 Å². The smallest absolute Gasteiger partial charge is 0.277 e. The molecule has 11 heteroatoms. The van der Waals surface area contributed by atoms with E-state index in [1.807, 2.05) is 30.3 Å². The van der Waals surface area contributed by atoms with E-state index in [2.05, 4.69) is 10.2 Å². The molecule has 1 fully saturated rings. The molecule has 1 saturated heterocycles. The van der Waals surface area contributed by atoms with Gasteiger partial charge in [-0.2, -0.15) is 0 Å². The Bertz CT molecular complexity index is 1260. The number of ether oxygens (including phenoxy) is 2. The molecule has 0 spiro atoms. The number of carbonyl (C=O) groups is 1. The molecule has 0 radical (unpaired) electrons. The lowest BCUT2D eigenvalue weighted by atomic mass is 10.1. The highest BCUT2D eigenvalue weighted by Crippen LogP contribution is 2.36. The normalized spacial score (nSPS) is 18.4. The van der Waals surface area contributed by atoms with Gasteiger partial charge in [-0.3, -0.25) is 4.79 Å². The lowest BCUT2D eigenvalue weighted by molar-refractivity contribution is -0.130. The van der Waals surface area contributed by atoms with Crippen molar-refractivity contribution in [1.82, 2.24) is 15.1 Å². The van der Waals surface area contributed by atoms with Gasteiger partial charge in [-0.15, -0.1) is 10.2 Å². The van der Waals surface area contributed by atoms with Gasteiger partial charge in [0.05, 0.1) is 17.3 Å². The van der Waals surface area contributed by atoms with Crippen molar-refractivity contribution >= 4 is 27.5 Å². The zero-order valence-corrected chi connectivity index (χ0v) is 19.2. The quantitative estimate of drug-likeness (QED) is 0.464. The lowest BCUT2D eigenvalue weighted by Crippen LogP contribution is -2.41. The molecule has 0 bridgehead atoms. The van der Waals surface area contributed by atoms with E-state index < -0.39 is 9.84 Å². The molecule has 0 N–H and O–H groups in total. The van der Waals surface area contributed by atoms with Crippen molar-refractivity contribution in [2.45, 2.75) is 24.2 Å². The van der Waals surface area contributed by atoms with E-state index in [9.17, 15) is 13.2 Å². The molecule has 3 aromatic rings. The van der Waals surface area contributed by atoms with Crippen LogP contribution in [0.5, 0.6) is 11.5 Å². The van der Waals surface area contributed by atoms with E-state index >= 15 is 0 Å². The number of rotatable bonds is 7. The summed E-state index contributed by atoms with van der Waals surface area (Å²) in [7, 11) is -3.13. The molecule has 2 aliphatic heterocycles. The number of hydrogen-bond donors (Lipinski definition) is 0. The summed E-state index contributed by atoms with van der Waals surface area (Å²) < 4.78 is 40.4. The average molecular weight is 488 g/mol. The number of fused-ring (bicyclic) bond motifs is 1. The van der Waals surface area contributed by atoms with E-state index in [0.29, 0.717) is 35.9 Å². The third kappa shape index (κ3) is 4.98. The third-order valence-corrected chi connectivity index (χ3v) is 8.06. The number of carbonyl (C=O) groups excluding carboxylic acids is 1. The molecule has 9 nitrogen and oxygen atoms in total. The number of sulfone groups is 1. The Morgan fingerprint density at radius 2 is 1.91 bits per heavy atom. The topological polar surface area (TPSA) is 112 Å². The molecule has 1 atom stereocenters. The molecule has 1 aromatic heterocycles. The minimum Gasteiger partial charge on any atom is -0.454 e. The molecule has 33 heavy (non-hydrogen) atoms. The number of aromatic nitrogens is 2. The maximum atomic E-state index is 13.1. The number of thioether (sulfide) groups is 1. The van der Waals surface area contributed by atoms with Crippen molar-refractivity contribution in [2.75, 3.05) is 24.1 Å². The van der Waals surface area contributed by atoms with Gasteiger partial charge in [-0.25, -0.2) is 8.42 Å². The molecule has 172 valence electrons. The van der Waals surface area contributed by atoms with Crippen molar-refractivity contribution < 1.29 is 27.1 Å². The summed E-state index contributed by atoms with van der Waals surface area (Å²) in [6.07, 6.45) is 0.445. The SMILES string of the molecule is O=C(CSc1nnc(-c2ccc3c(c2)OCO3)o1)N(Cc1ccccc1)[C@H]1CCS(=O)(=O)C1. The van der Waals surface area contributed by atoms with Crippen LogP contribution in [0, 0.1) is 0 Å². The number of amides is 1. The molecular formula is C22H21N3O6S2. The van der Waals surface area contributed by atoms with E-state index in [1.165, 1.54) is 0 Å². The highest BCUT2D eigenvalue weighted by molar-refractivity contribution is 7.99. The highest BCUT2D eigenvalue weighted by atomic mass is 32.2. The first kappa shape index (κ1) is 21.8. The van der Waals surface area contributed by atoms with Crippen LogP contribution >= 0.6 is 11.8 Å². The Hall–Kier alpha value is -3.05. The van der Waals surface area contributed by atoms with E-state index in [4.69, 9.17) is 13.9 Å². The van der Waals surface area contributed by atoms with Crippen molar-refractivity contribution in [2.24, 2.45) is 0 Å². The second-order valence-corrected chi connectivity index (χ2v) is 10.9. The monoisotopic (exact) mass is 487 g/mol. The van der Waals surface area contributed by atoms with Crippen LogP contribution in [-0.4, -0.2) is 59.5 Å². The number of nitrogens with zero attached hydrogens (tertiary/aromatic N) is 3. The summed E-state index contributed by atoms with van der Waals surface area (Å²) in [6.45, 7) is 0.528. The Morgan fingerprint density at radius 1 is 1.09 bits per heavy atom. The number of hydrogen-bond acceptors (Lipinski definition) is 9. The van der Waals surface area contributed by atoms with E-state index in [-0.39, 0.29) is 41.2 Å². The predicted octanol–water partition coefficient (Wildman–Crippen LogP) is 2.77. The van der Waals surface area contributed by atoms with Crippen LogP contribution in [0.1, 0.15) is 12.0 Å². The second kappa shape index (κ2) is 9.06. The molecule has 0 aliphatic carbocycles. The fraction of sp³-hybridized carbons (Fsp3) is 0.318. The summed E-state index contributed by atoms with van der Waals surface area (Å²) in [5.41, 5.74) is 1.63. The van der Waals surface area contributed by atoms with Crippen molar-refractivity contribution in [3.8, 4) is 23.0 Å². The predicted molar refractivity (Wildman–Crippen MR) is 121 cm³/mol.